The van der Waals surface area contributed by atoms with Crippen LogP contribution in [0.2, 0.25) is 0 Å². The molecule has 148 valence electrons. The van der Waals surface area contributed by atoms with Crippen LogP contribution in [-0.4, -0.2) is 27.1 Å². The normalized spacial score (nSPS) is 13.4. The third-order valence-electron chi connectivity index (χ3n) is 4.21. The molecule has 1 aromatic carbocycles. The van der Waals surface area contributed by atoms with E-state index in [0.717, 1.165) is 34.1 Å². The fourth-order valence-corrected chi connectivity index (χ4v) is 3.69. The summed E-state index contributed by atoms with van der Waals surface area (Å²) in [5.41, 5.74) is 8.90. The molecule has 3 N–H and O–H groups in total. The molecule has 0 saturated heterocycles. The van der Waals surface area contributed by atoms with Crippen LogP contribution in [-0.2, 0) is 0 Å². The van der Waals surface area contributed by atoms with Crippen LogP contribution in [0.15, 0.2) is 42.0 Å². The van der Waals surface area contributed by atoms with E-state index in [9.17, 15) is 0 Å². The highest BCUT2D eigenvalue weighted by Crippen LogP contribution is 2.27. The molecule has 0 radical (unpaired) electrons. The first kappa shape index (κ1) is 20.2. The van der Waals surface area contributed by atoms with E-state index in [1.165, 1.54) is 11.3 Å². The number of benzene rings is 1. The van der Waals surface area contributed by atoms with E-state index in [4.69, 9.17) is 10.5 Å². The molecule has 0 fully saturated rings. The van der Waals surface area contributed by atoms with E-state index in [-0.39, 0.29) is 5.54 Å². The van der Waals surface area contributed by atoms with Gasteiger partial charge < -0.3 is 15.8 Å². The van der Waals surface area contributed by atoms with Crippen LogP contribution >= 0.6 is 11.3 Å². The van der Waals surface area contributed by atoms with E-state index in [1.807, 2.05) is 37.4 Å². The third kappa shape index (κ3) is 5.50. The van der Waals surface area contributed by atoms with E-state index in [0.29, 0.717) is 18.5 Å². The van der Waals surface area contributed by atoms with E-state index < -0.39 is 0 Å². The highest BCUT2D eigenvalue weighted by atomic mass is 32.1. The Labute approximate surface area is 170 Å². The summed E-state index contributed by atoms with van der Waals surface area (Å²) in [6, 6.07) is 7.95. The number of aromatic nitrogens is 3. The molecule has 0 aliphatic rings. The highest BCUT2D eigenvalue weighted by molar-refractivity contribution is 7.13. The van der Waals surface area contributed by atoms with Gasteiger partial charge in [-0.15, -0.1) is 11.3 Å². The lowest BCUT2D eigenvalue weighted by atomic mass is 9.93. The van der Waals surface area contributed by atoms with Gasteiger partial charge in [0.05, 0.1) is 5.69 Å². The lowest BCUT2D eigenvalue weighted by molar-refractivity contribution is 0.206. The maximum absolute atomic E-state index is 6.36. The number of aryl methyl sites for hydroxylation is 1. The fraction of sp³-hybridized carbons (Fsp3) is 0.381. The molecule has 0 spiro atoms. The summed E-state index contributed by atoms with van der Waals surface area (Å²) in [6.07, 6.45) is 4.40. The molecule has 2 aromatic heterocycles. The van der Waals surface area contributed by atoms with Crippen molar-refractivity contribution in [3.8, 4) is 17.0 Å². The molecule has 1 unspecified atom stereocenters. The SMILES string of the molecule is Cc1cc(-c2ccnc(Nc3nccs3)n2)ccc1OCC(C)(N)CC(C)C. The average molecular weight is 398 g/mol. The van der Waals surface area contributed by atoms with Crippen LogP contribution in [0.25, 0.3) is 11.3 Å². The van der Waals surface area contributed by atoms with Crippen LogP contribution < -0.4 is 15.8 Å². The first-order chi connectivity index (χ1) is 13.3. The molecule has 1 atom stereocenters. The Kier molecular flexibility index (Phi) is 6.26. The van der Waals surface area contributed by atoms with Gasteiger partial charge in [0.15, 0.2) is 5.13 Å². The number of nitrogens with one attached hydrogen (secondary N) is 1. The average Bonchev–Trinajstić information content (AvgIpc) is 3.13. The van der Waals surface area contributed by atoms with Crippen molar-refractivity contribution in [3.05, 3.63) is 47.6 Å². The predicted octanol–water partition coefficient (Wildman–Crippen LogP) is 4.79. The van der Waals surface area contributed by atoms with Gasteiger partial charge in [-0.25, -0.2) is 15.0 Å². The number of hydrogen-bond acceptors (Lipinski definition) is 7. The quantitative estimate of drug-likeness (QED) is 0.568. The van der Waals surface area contributed by atoms with Crippen molar-refractivity contribution in [1.82, 2.24) is 15.0 Å². The molecular formula is C21H27N5OS. The summed E-state index contributed by atoms with van der Waals surface area (Å²) in [6.45, 7) is 8.90. The molecule has 0 aliphatic carbocycles. The molecule has 3 aromatic rings. The lowest BCUT2D eigenvalue weighted by Crippen LogP contribution is -2.43. The standard InChI is InChI=1S/C21H27N5OS/c1-14(2)12-21(4,22)13-27-18-6-5-16(11-15(18)3)17-7-8-23-19(25-17)26-20-24-9-10-28-20/h5-11,14H,12-13,22H2,1-4H3,(H,23,24,25,26). The monoisotopic (exact) mass is 397 g/mol. The van der Waals surface area contributed by atoms with Crippen LogP contribution in [0, 0.1) is 12.8 Å². The second kappa shape index (κ2) is 8.67. The second-order valence-corrected chi connectivity index (χ2v) is 8.64. The van der Waals surface area contributed by atoms with Crippen molar-refractivity contribution >= 4 is 22.4 Å². The second-order valence-electron chi connectivity index (χ2n) is 7.75. The van der Waals surface area contributed by atoms with Crippen LogP contribution in [0.4, 0.5) is 11.1 Å². The molecule has 3 rings (SSSR count). The summed E-state index contributed by atoms with van der Waals surface area (Å²) in [7, 11) is 0. The molecule has 7 heteroatoms. The Hall–Kier alpha value is -2.51. The Balaban J connectivity index is 1.72. The summed E-state index contributed by atoms with van der Waals surface area (Å²) in [5, 5.41) is 5.79. The number of hydrogen-bond donors (Lipinski definition) is 2. The number of anilines is 2. The lowest BCUT2D eigenvalue weighted by Gasteiger charge is -2.27. The minimum absolute atomic E-state index is 0.345. The first-order valence-corrected chi connectivity index (χ1v) is 10.2. The van der Waals surface area contributed by atoms with Crippen molar-refractivity contribution in [2.24, 2.45) is 11.7 Å². The number of ether oxygens (including phenoxy) is 1. The summed E-state index contributed by atoms with van der Waals surface area (Å²) in [5.74, 6) is 1.91. The zero-order chi connectivity index (χ0) is 20.1. The maximum atomic E-state index is 6.36. The number of nitrogens with two attached hydrogens (primary N) is 1. The fourth-order valence-electron chi connectivity index (χ4n) is 3.17. The van der Waals surface area contributed by atoms with Crippen LogP contribution in [0.5, 0.6) is 5.75 Å². The van der Waals surface area contributed by atoms with Gasteiger partial charge in [-0.2, -0.15) is 0 Å². The van der Waals surface area contributed by atoms with E-state index in [2.05, 4.69) is 40.2 Å². The van der Waals surface area contributed by atoms with Gasteiger partial charge in [-0.3, -0.25) is 0 Å². The van der Waals surface area contributed by atoms with Crippen molar-refractivity contribution < 1.29 is 4.74 Å². The van der Waals surface area contributed by atoms with Crippen molar-refractivity contribution in [3.63, 3.8) is 0 Å². The minimum Gasteiger partial charge on any atom is -0.491 e. The van der Waals surface area contributed by atoms with Gasteiger partial charge in [0.25, 0.3) is 0 Å². The number of rotatable bonds is 8. The van der Waals surface area contributed by atoms with E-state index >= 15 is 0 Å². The molecule has 0 bridgehead atoms. The molecule has 2 heterocycles. The smallest absolute Gasteiger partial charge is 0.229 e. The highest BCUT2D eigenvalue weighted by Gasteiger charge is 2.21. The zero-order valence-electron chi connectivity index (χ0n) is 16.8. The van der Waals surface area contributed by atoms with E-state index in [1.54, 1.807) is 12.4 Å². The Morgan fingerprint density at radius 3 is 2.71 bits per heavy atom. The van der Waals surface area contributed by atoms with Gasteiger partial charge >= 0.3 is 0 Å². The van der Waals surface area contributed by atoms with Gasteiger partial charge in [0.2, 0.25) is 5.95 Å². The molecule has 0 amide bonds. The predicted molar refractivity (Wildman–Crippen MR) is 115 cm³/mol. The maximum Gasteiger partial charge on any atom is 0.229 e. The van der Waals surface area contributed by atoms with Crippen molar-refractivity contribution in [2.75, 3.05) is 11.9 Å². The molecule has 0 saturated carbocycles. The number of nitrogens with zero attached hydrogens (tertiary/aromatic N) is 3. The van der Waals surface area contributed by atoms with Crippen LogP contribution in [0.3, 0.4) is 0 Å². The Bertz CT molecular complexity index is 909. The topological polar surface area (TPSA) is 86.0 Å². The van der Waals surface area contributed by atoms with Gasteiger partial charge in [-0.05, 0) is 56.0 Å². The van der Waals surface area contributed by atoms with Crippen LogP contribution in [0.1, 0.15) is 32.8 Å². The largest absolute Gasteiger partial charge is 0.491 e. The molecule has 0 aliphatic heterocycles. The van der Waals surface area contributed by atoms with Gasteiger partial charge in [0.1, 0.15) is 12.4 Å². The van der Waals surface area contributed by atoms with Gasteiger partial charge in [-0.1, -0.05) is 13.8 Å². The minimum atomic E-state index is -0.345. The Morgan fingerprint density at radius 1 is 1.21 bits per heavy atom. The third-order valence-corrected chi connectivity index (χ3v) is 4.90. The molecule has 6 nitrogen and oxygen atoms in total. The van der Waals surface area contributed by atoms with Crippen molar-refractivity contribution in [1.29, 1.82) is 0 Å². The van der Waals surface area contributed by atoms with Gasteiger partial charge in [0, 0.05) is 28.9 Å². The summed E-state index contributed by atoms with van der Waals surface area (Å²) in [4.78, 5) is 13.1. The Morgan fingerprint density at radius 2 is 2.04 bits per heavy atom. The molecular weight excluding hydrogens is 370 g/mol. The number of thiazole rings is 1. The summed E-state index contributed by atoms with van der Waals surface area (Å²) < 4.78 is 6.01. The summed E-state index contributed by atoms with van der Waals surface area (Å²) >= 11 is 1.51. The zero-order valence-corrected chi connectivity index (χ0v) is 17.6. The molecule has 28 heavy (non-hydrogen) atoms. The first-order valence-electron chi connectivity index (χ1n) is 9.35. The van der Waals surface area contributed by atoms with Crippen molar-refractivity contribution in [2.45, 2.75) is 39.7 Å².